The molecule has 0 fully saturated rings. The van der Waals surface area contributed by atoms with Crippen molar-refractivity contribution in [2.75, 3.05) is 11.9 Å². The smallest absolute Gasteiger partial charge is 0.160 e. The zero-order chi connectivity index (χ0) is 10.1. The number of hydrogen-bond acceptors (Lipinski definition) is 2. The van der Waals surface area contributed by atoms with E-state index in [0.717, 1.165) is 17.9 Å². The van der Waals surface area contributed by atoms with E-state index in [1.807, 2.05) is 0 Å². The molecule has 1 aromatic carbocycles. The highest BCUT2D eigenvalue weighted by atomic mass is 32.2. The minimum atomic E-state index is -0.785. The Labute approximate surface area is 85.9 Å². The molecule has 0 spiro atoms. The van der Waals surface area contributed by atoms with Crippen LogP contribution in [0.15, 0.2) is 17.0 Å². The van der Waals surface area contributed by atoms with Crippen LogP contribution >= 0.6 is 11.8 Å². The maximum Gasteiger partial charge on any atom is 0.160 e. The molecule has 76 valence electrons. The summed E-state index contributed by atoms with van der Waals surface area (Å²) in [6.45, 7) is 2.91. The van der Waals surface area contributed by atoms with E-state index >= 15 is 0 Å². The Balaban J connectivity index is 2.33. The molecule has 0 aliphatic carbocycles. The van der Waals surface area contributed by atoms with E-state index in [1.165, 1.54) is 12.1 Å². The van der Waals surface area contributed by atoms with Crippen molar-refractivity contribution in [2.45, 2.75) is 23.5 Å². The predicted molar refractivity (Wildman–Crippen MR) is 54.8 cm³/mol. The van der Waals surface area contributed by atoms with E-state index < -0.39 is 11.6 Å². The topological polar surface area (TPSA) is 12.0 Å². The van der Waals surface area contributed by atoms with Crippen LogP contribution in [0.2, 0.25) is 0 Å². The second kappa shape index (κ2) is 3.77. The second-order valence-corrected chi connectivity index (χ2v) is 4.63. The molecule has 1 aliphatic rings. The number of thioether (sulfide) groups is 1. The maximum absolute atomic E-state index is 12.9. The van der Waals surface area contributed by atoms with E-state index in [1.54, 1.807) is 11.8 Å². The van der Waals surface area contributed by atoms with Gasteiger partial charge in [0.15, 0.2) is 11.6 Å². The van der Waals surface area contributed by atoms with Crippen molar-refractivity contribution >= 4 is 17.4 Å². The van der Waals surface area contributed by atoms with Crippen LogP contribution in [0.1, 0.15) is 13.3 Å². The van der Waals surface area contributed by atoms with Gasteiger partial charge >= 0.3 is 0 Å². The highest BCUT2D eigenvalue weighted by molar-refractivity contribution is 8.00. The summed E-state index contributed by atoms with van der Waals surface area (Å²) in [6, 6.07) is 2.49. The number of rotatable bonds is 1. The summed E-state index contributed by atoms with van der Waals surface area (Å²) in [6.07, 6.45) is 1.02. The summed E-state index contributed by atoms with van der Waals surface area (Å²) in [5, 5.41) is 3.56. The fourth-order valence-corrected chi connectivity index (χ4v) is 2.56. The Morgan fingerprint density at radius 1 is 1.43 bits per heavy atom. The summed E-state index contributed by atoms with van der Waals surface area (Å²) in [5.74, 6) is -1.55. The molecule has 0 radical (unpaired) electrons. The SMILES string of the molecule is CCC1CNc2cc(F)c(F)cc2S1. The van der Waals surface area contributed by atoms with E-state index in [0.29, 0.717) is 10.9 Å². The molecule has 1 atom stereocenters. The molecule has 1 aliphatic heterocycles. The van der Waals surface area contributed by atoms with Gasteiger partial charge in [-0.15, -0.1) is 11.8 Å². The van der Waals surface area contributed by atoms with Gasteiger partial charge in [0.1, 0.15) is 0 Å². The van der Waals surface area contributed by atoms with Crippen LogP contribution in [0.5, 0.6) is 0 Å². The lowest BCUT2D eigenvalue weighted by Gasteiger charge is -2.24. The number of hydrogen-bond donors (Lipinski definition) is 1. The van der Waals surface area contributed by atoms with Crippen LogP contribution in [0.4, 0.5) is 14.5 Å². The quantitative estimate of drug-likeness (QED) is 0.771. The van der Waals surface area contributed by atoms with Gasteiger partial charge < -0.3 is 5.32 Å². The van der Waals surface area contributed by atoms with Crippen molar-refractivity contribution in [3.05, 3.63) is 23.8 Å². The molecule has 0 saturated carbocycles. The number of fused-ring (bicyclic) bond motifs is 1. The van der Waals surface area contributed by atoms with E-state index in [2.05, 4.69) is 12.2 Å². The van der Waals surface area contributed by atoms with Crippen LogP contribution in [0.3, 0.4) is 0 Å². The summed E-state index contributed by atoms with van der Waals surface area (Å²) >= 11 is 1.61. The third kappa shape index (κ3) is 1.71. The standard InChI is InChI=1S/C10H11F2NS/c1-2-6-5-13-9-3-7(11)8(12)4-10(9)14-6/h3-4,6,13H,2,5H2,1H3. The molecule has 1 N–H and O–H groups in total. The average molecular weight is 215 g/mol. The lowest BCUT2D eigenvalue weighted by atomic mass is 10.2. The first-order valence-electron chi connectivity index (χ1n) is 4.60. The molecule has 1 aromatic rings. The lowest BCUT2D eigenvalue weighted by Crippen LogP contribution is -2.20. The molecule has 0 bridgehead atoms. The second-order valence-electron chi connectivity index (χ2n) is 3.29. The van der Waals surface area contributed by atoms with Gasteiger partial charge in [-0.2, -0.15) is 0 Å². The van der Waals surface area contributed by atoms with Crippen molar-refractivity contribution in [1.29, 1.82) is 0 Å². The van der Waals surface area contributed by atoms with Crippen molar-refractivity contribution in [2.24, 2.45) is 0 Å². The third-order valence-electron chi connectivity index (χ3n) is 2.29. The largest absolute Gasteiger partial charge is 0.383 e. The molecule has 1 unspecified atom stereocenters. The summed E-state index contributed by atoms with van der Waals surface area (Å²) < 4.78 is 25.8. The van der Waals surface area contributed by atoms with Gasteiger partial charge in [0, 0.05) is 22.8 Å². The van der Waals surface area contributed by atoms with Gasteiger partial charge in [-0.05, 0) is 12.5 Å². The van der Waals surface area contributed by atoms with Crippen molar-refractivity contribution < 1.29 is 8.78 Å². The molecule has 0 saturated heterocycles. The Morgan fingerprint density at radius 3 is 2.86 bits per heavy atom. The first-order valence-corrected chi connectivity index (χ1v) is 5.48. The summed E-state index contributed by atoms with van der Waals surface area (Å²) in [7, 11) is 0. The zero-order valence-corrected chi connectivity index (χ0v) is 8.63. The molecular weight excluding hydrogens is 204 g/mol. The van der Waals surface area contributed by atoms with Crippen LogP contribution in [0.25, 0.3) is 0 Å². The van der Waals surface area contributed by atoms with Crippen LogP contribution in [-0.4, -0.2) is 11.8 Å². The monoisotopic (exact) mass is 215 g/mol. The van der Waals surface area contributed by atoms with Gasteiger partial charge in [0.25, 0.3) is 0 Å². The van der Waals surface area contributed by atoms with Gasteiger partial charge in [-0.3, -0.25) is 0 Å². The highest BCUT2D eigenvalue weighted by Gasteiger charge is 2.19. The van der Waals surface area contributed by atoms with Crippen LogP contribution in [-0.2, 0) is 0 Å². The van der Waals surface area contributed by atoms with E-state index in [4.69, 9.17) is 0 Å². The highest BCUT2D eigenvalue weighted by Crippen LogP contribution is 2.37. The lowest BCUT2D eigenvalue weighted by molar-refractivity contribution is 0.506. The fraction of sp³-hybridized carbons (Fsp3) is 0.400. The first-order chi connectivity index (χ1) is 6.70. The Morgan fingerprint density at radius 2 is 2.14 bits per heavy atom. The minimum absolute atomic E-state index is 0.451. The van der Waals surface area contributed by atoms with Crippen molar-refractivity contribution in [3.63, 3.8) is 0 Å². The fourth-order valence-electron chi connectivity index (χ4n) is 1.44. The van der Waals surface area contributed by atoms with E-state index in [-0.39, 0.29) is 0 Å². The molecule has 14 heavy (non-hydrogen) atoms. The average Bonchev–Trinajstić information content (AvgIpc) is 2.19. The van der Waals surface area contributed by atoms with Crippen LogP contribution in [0, 0.1) is 11.6 Å². The first kappa shape index (κ1) is 9.77. The molecular formula is C10H11F2NS. The maximum atomic E-state index is 12.9. The van der Waals surface area contributed by atoms with E-state index in [9.17, 15) is 8.78 Å². The van der Waals surface area contributed by atoms with Crippen LogP contribution < -0.4 is 5.32 Å². The molecule has 0 aromatic heterocycles. The number of anilines is 1. The van der Waals surface area contributed by atoms with Crippen molar-refractivity contribution in [1.82, 2.24) is 0 Å². The third-order valence-corrected chi connectivity index (χ3v) is 3.72. The summed E-state index contributed by atoms with van der Waals surface area (Å²) in [4.78, 5) is 0.807. The van der Waals surface area contributed by atoms with Gasteiger partial charge in [-0.25, -0.2) is 8.78 Å². The molecule has 4 heteroatoms. The molecule has 1 heterocycles. The Bertz CT molecular complexity index is 354. The normalized spacial score (nSPS) is 20.1. The molecule has 0 amide bonds. The number of benzene rings is 1. The number of halogens is 2. The van der Waals surface area contributed by atoms with Crippen molar-refractivity contribution in [3.8, 4) is 0 Å². The minimum Gasteiger partial charge on any atom is -0.383 e. The Hall–Kier alpha value is -0.770. The predicted octanol–water partition coefficient (Wildman–Crippen LogP) is 3.26. The summed E-state index contributed by atoms with van der Waals surface area (Å²) in [5.41, 5.74) is 0.707. The molecule has 1 nitrogen and oxygen atoms in total. The van der Waals surface area contributed by atoms with Gasteiger partial charge in [-0.1, -0.05) is 6.92 Å². The van der Waals surface area contributed by atoms with Gasteiger partial charge in [0.2, 0.25) is 0 Å². The molecule has 2 rings (SSSR count). The number of nitrogens with one attached hydrogen (secondary N) is 1. The Kier molecular flexibility index (Phi) is 2.63. The van der Waals surface area contributed by atoms with Gasteiger partial charge in [0.05, 0.1) is 5.69 Å². The zero-order valence-electron chi connectivity index (χ0n) is 7.81.